The van der Waals surface area contributed by atoms with E-state index in [-0.39, 0.29) is 34.8 Å². The van der Waals surface area contributed by atoms with Crippen LogP contribution in [0.5, 0.6) is 0 Å². The summed E-state index contributed by atoms with van der Waals surface area (Å²) < 4.78 is 0. The largest absolute Gasteiger partial charge is 0.478 e. The lowest BCUT2D eigenvalue weighted by atomic mass is 9.88. The van der Waals surface area contributed by atoms with Gasteiger partial charge >= 0.3 is 5.97 Å². The van der Waals surface area contributed by atoms with Crippen LogP contribution in [0.3, 0.4) is 0 Å². The van der Waals surface area contributed by atoms with Crippen LogP contribution in [0.1, 0.15) is 84.9 Å². The number of carboxylic acids is 1. The number of carbonyl (C=O) groups is 4. The van der Waals surface area contributed by atoms with Gasteiger partial charge in [0.25, 0.3) is 5.91 Å². The number of amides is 3. The third-order valence-corrected chi connectivity index (χ3v) is 7.07. The number of anilines is 3. The zero-order chi connectivity index (χ0) is 25.5. The average Bonchev–Trinajstić information content (AvgIpc) is 2.89. The van der Waals surface area contributed by atoms with Gasteiger partial charge in [0.15, 0.2) is 0 Å². The number of aromatic carboxylic acids is 1. The molecule has 2 fully saturated rings. The predicted molar refractivity (Wildman–Crippen MR) is 138 cm³/mol. The summed E-state index contributed by atoms with van der Waals surface area (Å²) in [6.07, 6.45) is 9.82. The lowest BCUT2D eigenvalue weighted by molar-refractivity contribution is -0.121. The first-order chi connectivity index (χ1) is 17.4. The summed E-state index contributed by atoms with van der Waals surface area (Å²) in [5, 5.41) is 17.7. The Kier molecular flexibility index (Phi) is 8.36. The Balaban J connectivity index is 1.54. The number of rotatable bonds is 7. The van der Waals surface area contributed by atoms with Crippen molar-refractivity contribution in [1.29, 1.82) is 0 Å². The maximum Gasteiger partial charge on any atom is 0.335 e. The van der Waals surface area contributed by atoms with E-state index in [1.807, 2.05) is 0 Å². The molecule has 0 atom stereocenters. The molecule has 4 N–H and O–H groups in total. The van der Waals surface area contributed by atoms with E-state index in [2.05, 4.69) is 16.0 Å². The molecule has 0 unspecified atom stereocenters. The maximum absolute atomic E-state index is 13.1. The molecule has 2 aromatic rings. The molecular formula is C28H33N3O5. The summed E-state index contributed by atoms with van der Waals surface area (Å²) >= 11 is 0. The number of carboxylic acid groups (broad SMARTS) is 1. The summed E-state index contributed by atoms with van der Waals surface area (Å²) in [6.45, 7) is 0. The minimum absolute atomic E-state index is 0.0516. The van der Waals surface area contributed by atoms with Gasteiger partial charge in [-0.15, -0.1) is 0 Å². The van der Waals surface area contributed by atoms with Crippen molar-refractivity contribution in [3.63, 3.8) is 0 Å². The quantitative estimate of drug-likeness (QED) is 0.397. The van der Waals surface area contributed by atoms with E-state index in [1.54, 1.807) is 18.2 Å². The summed E-state index contributed by atoms with van der Waals surface area (Å²) in [7, 11) is 0. The Bertz CT molecular complexity index is 1070. The molecule has 36 heavy (non-hydrogen) atoms. The number of carbonyl (C=O) groups excluding carboxylic acids is 3. The van der Waals surface area contributed by atoms with E-state index in [0.29, 0.717) is 17.1 Å². The van der Waals surface area contributed by atoms with Crippen molar-refractivity contribution in [2.75, 3.05) is 16.0 Å². The second-order valence-electron chi connectivity index (χ2n) is 9.78. The van der Waals surface area contributed by atoms with Gasteiger partial charge in [-0.1, -0.05) is 38.5 Å². The lowest BCUT2D eigenvalue weighted by Gasteiger charge is -2.22. The molecule has 2 aromatic carbocycles. The molecule has 0 heterocycles. The number of hydrogen-bond acceptors (Lipinski definition) is 4. The van der Waals surface area contributed by atoms with Gasteiger partial charge in [-0.3, -0.25) is 14.4 Å². The van der Waals surface area contributed by atoms with Crippen LogP contribution in [0.4, 0.5) is 17.1 Å². The zero-order valence-electron chi connectivity index (χ0n) is 20.3. The van der Waals surface area contributed by atoms with Gasteiger partial charge in [0, 0.05) is 34.5 Å². The average molecular weight is 492 g/mol. The van der Waals surface area contributed by atoms with Crippen LogP contribution in [0, 0.1) is 11.8 Å². The Labute approximate surface area is 210 Å². The van der Waals surface area contributed by atoms with Crippen LogP contribution in [0.2, 0.25) is 0 Å². The number of benzene rings is 2. The molecule has 0 aliphatic heterocycles. The predicted octanol–water partition coefficient (Wildman–Crippen LogP) is 5.67. The highest BCUT2D eigenvalue weighted by molar-refractivity contribution is 6.07. The van der Waals surface area contributed by atoms with Crippen molar-refractivity contribution in [2.24, 2.45) is 11.8 Å². The van der Waals surface area contributed by atoms with Gasteiger partial charge < -0.3 is 21.1 Å². The van der Waals surface area contributed by atoms with Crippen LogP contribution in [0.15, 0.2) is 42.5 Å². The van der Waals surface area contributed by atoms with Gasteiger partial charge in [0.05, 0.1) is 5.56 Å². The van der Waals surface area contributed by atoms with Gasteiger partial charge in [-0.05, 0) is 68.1 Å². The molecule has 8 heteroatoms. The fourth-order valence-electron chi connectivity index (χ4n) is 5.02. The molecule has 0 radical (unpaired) electrons. The first-order valence-electron chi connectivity index (χ1n) is 12.8. The van der Waals surface area contributed by atoms with Gasteiger partial charge in [0.2, 0.25) is 11.8 Å². The van der Waals surface area contributed by atoms with E-state index in [4.69, 9.17) is 5.11 Å². The van der Waals surface area contributed by atoms with E-state index < -0.39 is 11.9 Å². The first kappa shape index (κ1) is 25.4. The van der Waals surface area contributed by atoms with E-state index in [0.717, 1.165) is 64.2 Å². The summed E-state index contributed by atoms with van der Waals surface area (Å²) in [5.41, 5.74) is 1.75. The monoisotopic (exact) mass is 491 g/mol. The van der Waals surface area contributed by atoms with Crippen molar-refractivity contribution in [3.8, 4) is 0 Å². The molecule has 3 amide bonds. The molecule has 190 valence electrons. The fourth-order valence-corrected chi connectivity index (χ4v) is 5.02. The lowest BCUT2D eigenvalue weighted by Crippen LogP contribution is -2.26. The standard InChI is InChI=1S/C28H33N3O5/c32-25(18-7-3-1-4-8-18)30-23-15-21(27(34)29-22-13-11-20(12-14-22)28(35)36)16-24(17-23)31-26(33)19-9-5-2-6-10-19/h11-19H,1-10H2,(H,29,34)(H,30,32)(H,31,33)(H,35,36). The Morgan fingerprint density at radius 2 is 1.06 bits per heavy atom. The molecule has 8 nitrogen and oxygen atoms in total. The van der Waals surface area contributed by atoms with Gasteiger partial charge in [-0.2, -0.15) is 0 Å². The van der Waals surface area contributed by atoms with E-state index >= 15 is 0 Å². The molecule has 2 aliphatic carbocycles. The van der Waals surface area contributed by atoms with E-state index in [9.17, 15) is 19.2 Å². The third kappa shape index (κ3) is 6.71. The Hall–Kier alpha value is -3.68. The van der Waals surface area contributed by atoms with Crippen LogP contribution >= 0.6 is 0 Å². The van der Waals surface area contributed by atoms with Crippen LogP contribution in [-0.2, 0) is 9.59 Å². The summed E-state index contributed by atoms with van der Waals surface area (Å²) in [6, 6.07) is 10.7. The molecule has 2 aliphatic rings. The molecule has 0 bridgehead atoms. The third-order valence-electron chi connectivity index (χ3n) is 7.07. The zero-order valence-corrected chi connectivity index (χ0v) is 20.3. The van der Waals surface area contributed by atoms with Crippen molar-refractivity contribution in [2.45, 2.75) is 64.2 Å². The SMILES string of the molecule is O=C(O)c1ccc(NC(=O)c2cc(NC(=O)C3CCCCC3)cc(NC(=O)C3CCCCC3)c2)cc1. The summed E-state index contributed by atoms with van der Waals surface area (Å²) in [5.74, 6) is -1.72. The Morgan fingerprint density at radius 3 is 1.50 bits per heavy atom. The van der Waals surface area contributed by atoms with Gasteiger partial charge in [-0.25, -0.2) is 4.79 Å². The van der Waals surface area contributed by atoms with Crippen LogP contribution in [0.25, 0.3) is 0 Å². The van der Waals surface area contributed by atoms with Crippen LogP contribution < -0.4 is 16.0 Å². The molecule has 0 aromatic heterocycles. The molecule has 0 saturated heterocycles. The topological polar surface area (TPSA) is 125 Å². The minimum Gasteiger partial charge on any atom is -0.478 e. The first-order valence-corrected chi connectivity index (χ1v) is 12.8. The summed E-state index contributed by atoms with van der Waals surface area (Å²) in [4.78, 5) is 49.9. The second-order valence-corrected chi connectivity index (χ2v) is 9.78. The van der Waals surface area contributed by atoms with E-state index in [1.165, 1.54) is 24.3 Å². The normalized spacial score (nSPS) is 16.7. The highest BCUT2D eigenvalue weighted by Crippen LogP contribution is 2.28. The molecular weight excluding hydrogens is 458 g/mol. The highest BCUT2D eigenvalue weighted by Gasteiger charge is 2.24. The van der Waals surface area contributed by atoms with Crippen molar-refractivity contribution < 1.29 is 24.3 Å². The smallest absolute Gasteiger partial charge is 0.335 e. The number of nitrogens with one attached hydrogen (secondary N) is 3. The van der Waals surface area contributed by atoms with Crippen LogP contribution in [-0.4, -0.2) is 28.8 Å². The fraction of sp³-hybridized carbons (Fsp3) is 0.429. The Morgan fingerprint density at radius 1 is 0.583 bits per heavy atom. The maximum atomic E-state index is 13.1. The highest BCUT2D eigenvalue weighted by atomic mass is 16.4. The molecule has 2 saturated carbocycles. The van der Waals surface area contributed by atoms with Crippen molar-refractivity contribution in [1.82, 2.24) is 0 Å². The number of hydrogen-bond donors (Lipinski definition) is 4. The van der Waals surface area contributed by atoms with Crippen molar-refractivity contribution >= 4 is 40.8 Å². The molecule has 4 rings (SSSR count). The molecule has 0 spiro atoms. The second kappa shape index (κ2) is 11.8. The van der Waals surface area contributed by atoms with Crippen molar-refractivity contribution in [3.05, 3.63) is 53.6 Å². The minimum atomic E-state index is -1.05. The van der Waals surface area contributed by atoms with Gasteiger partial charge in [0.1, 0.15) is 0 Å².